The quantitative estimate of drug-likeness (QED) is 0.769. The minimum Gasteiger partial charge on any atom is -0.313 e. The lowest BCUT2D eigenvalue weighted by Gasteiger charge is -2.43. The van der Waals surface area contributed by atoms with Gasteiger partial charge in [0.15, 0.2) is 0 Å². The summed E-state index contributed by atoms with van der Waals surface area (Å²) in [6.45, 7) is 13.8. The molecular weight excluding hydrogens is 256 g/mol. The molecule has 21 heavy (non-hydrogen) atoms. The first-order valence-corrected chi connectivity index (χ1v) is 9.41. The first-order chi connectivity index (χ1) is 9.93. The SMILES string of the molecule is CC1CCCCN1CCCNC1C(C)(C)[C@H]2CC[C@]1(C)C2. The zero-order valence-electron chi connectivity index (χ0n) is 14.8. The Hall–Kier alpha value is -0.0800. The van der Waals surface area contributed by atoms with Crippen LogP contribution in [-0.2, 0) is 0 Å². The van der Waals surface area contributed by atoms with Crippen LogP contribution in [0.4, 0.5) is 0 Å². The summed E-state index contributed by atoms with van der Waals surface area (Å²) in [6, 6.07) is 1.55. The van der Waals surface area contributed by atoms with Crippen molar-refractivity contribution in [2.75, 3.05) is 19.6 Å². The van der Waals surface area contributed by atoms with Gasteiger partial charge in [0.25, 0.3) is 0 Å². The van der Waals surface area contributed by atoms with Crippen LogP contribution in [0.25, 0.3) is 0 Å². The van der Waals surface area contributed by atoms with Crippen molar-refractivity contribution in [2.24, 2.45) is 16.7 Å². The van der Waals surface area contributed by atoms with Gasteiger partial charge in [0.05, 0.1) is 0 Å². The summed E-state index contributed by atoms with van der Waals surface area (Å²) in [7, 11) is 0. The molecule has 2 heteroatoms. The Morgan fingerprint density at radius 1 is 1.14 bits per heavy atom. The molecule has 2 nitrogen and oxygen atoms in total. The largest absolute Gasteiger partial charge is 0.313 e. The highest BCUT2D eigenvalue weighted by Gasteiger charge is 2.58. The standard InChI is InChI=1S/C19H36N2/c1-15-8-5-6-12-21(15)13-7-11-20-17-18(2,3)16-9-10-19(17,4)14-16/h15-17,20H,5-14H2,1-4H3/t15?,16-,17?,19+/m0/s1. The van der Waals surface area contributed by atoms with E-state index in [0.717, 1.165) is 18.0 Å². The van der Waals surface area contributed by atoms with Gasteiger partial charge in [0, 0.05) is 12.1 Å². The Balaban J connectivity index is 1.45. The highest BCUT2D eigenvalue weighted by atomic mass is 15.2. The Morgan fingerprint density at radius 2 is 1.95 bits per heavy atom. The summed E-state index contributed by atoms with van der Waals surface area (Å²) >= 11 is 0. The van der Waals surface area contributed by atoms with Gasteiger partial charge >= 0.3 is 0 Å². The summed E-state index contributed by atoms with van der Waals surface area (Å²) in [5, 5.41) is 3.97. The lowest BCUT2D eigenvalue weighted by Crippen LogP contribution is -2.51. The van der Waals surface area contributed by atoms with Gasteiger partial charge in [0.2, 0.25) is 0 Å². The molecule has 2 aliphatic carbocycles. The monoisotopic (exact) mass is 292 g/mol. The second-order valence-corrected chi connectivity index (χ2v) is 9.04. The molecule has 2 unspecified atom stereocenters. The maximum Gasteiger partial charge on any atom is 0.0175 e. The predicted molar refractivity (Wildman–Crippen MR) is 90.5 cm³/mol. The zero-order valence-corrected chi connectivity index (χ0v) is 14.8. The van der Waals surface area contributed by atoms with Crippen LogP contribution in [0.1, 0.15) is 72.6 Å². The summed E-state index contributed by atoms with van der Waals surface area (Å²) in [5.74, 6) is 0.960. The Kier molecular flexibility index (Phi) is 4.40. The third-order valence-corrected chi connectivity index (χ3v) is 7.18. The van der Waals surface area contributed by atoms with Gasteiger partial charge in [-0.2, -0.15) is 0 Å². The summed E-state index contributed by atoms with van der Waals surface area (Å²) in [6.07, 6.45) is 9.94. The molecule has 3 fully saturated rings. The Morgan fingerprint density at radius 3 is 2.62 bits per heavy atom. The normalized spacial score (nSPS) is 42.6. The predicted octanol–water partition coefficient (Wildman–Crippen LogP) is 4.06. The van der Waals surface area contributed by atoms with Crippen LogP contribution in [0.3, 0.4) is 0 Å². The van der Waals surface area contributed by atoms with Gasteiger partial charge in [-0.1, -0.05) is 27.2 Å². The summed E-state index contributed by atoms with van der Waals surface area (Å²) in [5.41, 5.74) is 1.08. The van der Waals surface area contributed by atoms with Crippen molar-refractivity contribution in [3.8, 4) is 0 Å². The molecule has 0 radical (unpaired) electrons. The minimum atomic E-state index is 0.505. The van der Waals surface area contributed by atoms with E-state index >= 15 is 0 Å². The van der Waals surface area contributed by atoms with Gasteiger partial charge in [-0.15, -0.1) is 0 Å². The Bertz CT molecular complexity index is 360. The number of piperidine rings is 1. The van der Waals surface area contributed by atoms with E-state index in [0.29, 0.717) is 10.8 Å². The van der Waals surface area contributed by atoms with E-state index in [9.17, 15) is 0 Å². The van der Waals surface area contributed by atoms with Crippen molar-refractivity contribution in [1.29, 1.82) is 0 Å². The molecule has 3 aliphatic rings. The third kappa shape index (κ3) is 2.91. The molecule has 1 saturated heterocycles. The van der Waals surface area contributed by atoms with Crippen molar-refractivity contribution in [3.05, 3.63) is 0 Å². The lowest BCUT2D eigenvalue weighted by molar-refractivity contribution is 0.105. The van der Waals surface area contributed by atoms with Crippen molar-refractivity contribution < 1.29 is 0 Å². The number of nitrogens with one attached hydrogen (secondary N) is 1. The Labute approximate surface area is 132 Å². The van der Waals surface area contributed by atoms with Gasteiger partial charge in [0.1, 0.15) is 0 Å². The van der Waals surface area contributed by atoms with Crippen LogP contribution in [0.2, 0.25) is 0 Å². The van der Waals surface area contributed by atoms with Crippen LogP contribution in [0.15, 0.2) is 0 Å². The lowest BCUT2D eigenvalue weighted by atomic mass is 9.68. The van der Waals surface area contributed by atoms with Crippen LogP contribution >= 0.6 is 0 Å². The number of hydrogen-bond donors (Lipinski definition) is 1. The fourth-order valence-electron chi connectivity index (χ4n) is 5.83. The zero-order chi connectivity index (χ0) is 15.1. The molecule has 1 aliphatic heterocycles. The highest BCUT2D eigenvalue weighted by Crippen LogP contribution is 2.62. The summed E-state index contributed by atoms with van der Waals surface area (Å²) < 4.78 is 0. The van der Waals surface area contributed by atoms with Crippen molar-refractivity contribution >= 4 is 0 Å². The van der Waals surface area contributed by atoms with Gasteiger partial charge < -0.3 is 10.2 Å². The molecule has 0 aromatic heterocycles. The molecule has 2 bridgehead atoms. The molecule has 3 rings (SSSR count). The second-order valence-electron chi connectivity index (χ2n) is 9.04. The topological polar surface area (TPSA) is 15.3 Å². The van der Waals surface area contributed by atoms with E-state index in [1.165, 1.54) is 64.6 Å². The van der Waals surface area contributed by atoms with E-state index in [2.05, 4.69) is 37.9 Å². The van der Waals surface area contributed by atoms with Crippen molar-refractivity contribution in [1.82, 2.24) is 10.2 Å². The molecule has 2 saturated carbocycles. The van der Waals surface area contributed by atoms with E-state index < -0.39 is 0 Å². The number of nitrogens with zero attached hydrogens (tertiary/aromatic N) is 1. The maximum absolute atomic E-state index is 3.97. The van der Waals surface area contributed by atoms with Crippen molar-refractivity contribution in [2.45, 2.75) is 84.7 Å². The average Bonchev–Trinajstić information content (AvgIpc) is 2.91. The van der Waals surface area contributed by atoms with Crippen LogP contribution in [0, 0.1) is 16.7 Å². The van der Waals surface area contributed by atoms with Crippen LogP contribution in [-0.4, -0.2) is 36.6 Å². The van der Waals surface area contributed by atoms with Crippen LogP contribution in [0.5, 0.6) is 0 Å². The number of fused-ring (bicyclic) bond motifs is 2. The molecule has 4 atom stereocenters. The summed E-state index contributed by atoms with van der Waals surface area (Å²) in [4.78, 5) is 2.71. The maximum atomic E-state index is 3.97. The van der Waals surface area contributed by atoms with Gasteiger partial charge in [-0.25, -0.2) is 0 Å². The molecule has 1 heterocycles. The molecular formula is C19H36N2. The van der Waals surface area contributed by atoms with E-state index in [-0.39, 0.29) is 0 Å². The first-order valence-electron chi connectivity index (χ1n) is 9.41. The van der Waals surface area contributed by atoms with Gasteiger partial charge in [-0.05, 0) is 81.8 Å². The first kappa shape index (κ1) is 15.8. The van der Waals surface area contributed by atoms with Crippen molar-refractivity contribution in [3.63, 3.8) is 0 Å². The minimum absolute atomic E-state index is 0.505. The smallest absolute Gasteiger partial charge is 0.0175 e. The van der Waals surface area contributed by atoms with Crippen LogP contribution < -0.4 is 5.32 Å². The van der Waals surface area contributed by atoms with E-state index in [4.69, 9.17) is 0 Å². The third-order valence-electron chi connectivity index (χ3n) is 7.18. The molecule has 1 N–H and O–H groups in total. The number of hydrogen-bond acceptors (Lipinski definition) is 2. The van der Waals surface area contributed by atoms with E-state index in [1.54, 1.807) is 0 Å². The average molecular weight is 293 g/mol. The fourth-order valence-corrected chi connectivity index (χ4v) is 5.83. The number of rotatable bonds is 5. The molecule has 0 aromatic rings. The molecule has 0 spiro atoms. The number of likely N-dealkylation sites (tertiary alicyclic amines) is 1. The molecule has 122 valence electrons. The highest BCUT2D eigenvalue weighted by molar-refractivity contribution is 5.11. The van der Waals surface area contributed by atoms with E-state index in [1.807, 2.05) is 0 Å². The molecule has 0 amide bonds. The second kappa shape index (κ2) is 5.85. The fraction of sp³-hybridized carbons (Fsp3) is 1.00. The van der Waals surface area contributed by atoms with Gasteiger partial charge in [-0.3, -0.25) is 0 Å². The molecule has 0 aromatic carbocycles.